The van der Waals surface area contributed by atoms with Gasteiger partial charge in [-0.25, -0.2) is 0 Å². The normalized spacial score (nSPS) is 16.6. The molecule has 0 aliphatic carbocycles. The zero-order valence-corrected chi connectivity index (χ0v) is 11.1. The van der Waals surface area contributed by atoms with Crippen LogP contribution >= 0.6 is 0 Å². The van der Waals surface area contributed by atoms with Crippen molar-refractivity contribution in [1.82, 2.24) is 0 Å². The Kier molecular flexibility index (Phi) is 5.18. The molecule has 0 spiro atoms. The fourth-order valence-electron chi connectivity index (χ4n) is 1.40. The minimum absolute atomic E-state index is 0.269. The van der Waals surface area contributed by atoms with Crippen LogP contribution in [-0.2, 0) is 4.43 Å². The number of allylic oxidation sites excluding steroid dienone is 1. The van der Waals surface area contributed by atoms with Gasteiger partial charge in [0.2, 0.25) is 0 Å². The van der Waals surface area contributed by atoms with Gasteiger partial charge in [-0.15, -0.1) is 12.3 Å². The average Bonchev–Trinajstić information content (AvgIpc) is 1.98. The molecule has 1 atom stereocenters. The van der Waals surface area contributed by atoms with Crippen LogP contribution in [0.25, 0.3) is 0 Å². The van der Waals surface area contributed by atoms with Crippen molar-refractivity contribution in [2.75, 3.05) is 0 Å². The van der Waals surface area contributed by atoms with Crippen molar-refractivity contribution in [3.8, 4) is 12.3 Å². The molecule has 1 unspecified atom stereocenters. The van der Waals surface area contributed by atoms with Gasteiger partial charge in [0, 0.05) is 6.42 Å². The number of rotatable bonds is 5. The summed E-state index contributed by atoms with van der Waals surface area (Å²) in [5.41, 5.74) is -0.269. The lowest BCUT2D eigenvalue weighted by molar-refractivity contribution is 0.138. The second-order valence-electron chi connectivity index (χ2n) is 4.72. The second-order valence-corrected chi connectivity index (χ2v) is 9.15. The first-order valence-electron chi connectivity index (χ1n) is 5.14. The first-order valence-corrected chi connectivity index (χ1v) is 8.55. The van der Waals surface area contributed by atoms with Crippen LogP contribution in [0.15, 0.2) is 12.2 Å². The standard InChI is InChI=1S/C12H22OSi/c1-7-9-11-12(3,10-8-2)13-14(4,5)6/h2,9,11H,7,10H2,1,3-6H3/b11-9+. The maximum Gasteiger partial charge on any atom is 0.184 e. The van der Waals surface area contributed by atoms with Crippen molar-refractivity contribution in [2.45, 2.75) is 51.9 Å². The van der Waals surface area contributed by atoms with Crippen LogP contribution in [0.3, 0.4) is 0 Å². The van der Waals surface area contributed by atoms with Crippen molar-refractivity contribution in [1.29, 1.82) is 0 Å². The summed E-state index contributed by atoms with van der Waals surface area (Å²) in [5.74, 6) is 2.69. The van der Waals surface area contributed by atoms with E-state index in [9.17, 15) is 0 Å². The number of hydrogen-bond acceptors (Lipinski definition) is 1. The highest BCUT2D eigenvalue weighted by Gasteiger charge is 2.28. The van der Waals surface area contributed by atoms with Gasteiger partial charge in [-0.05, 0) is 33.0 Å². The van der Waals surface area contributed by atoms with Gasteiger partial charge < -0.3 is 4.43 Å². The zero-order chi connectivity index (χ0) is 11.2. The van der Waals surface area contributed by atoms with Crippen molar-refractivity contribution >= 4 is 8.32 Å². The molecule has 14 heavy (non-hydrogen) atoms. The van der Waals surface area contributed by atoms with E-state index in [-0.39, 0.29) is 5.60 Å². The van der Waals surface area contributed by atoms with E-state index in [4.69, 9.17) is 10.8 Å². The molecule has 0 N–H and O–H groups in total. The smallest absolute Gasteiger partial charge is 0.184 e. The van der Waals surface area contributed by atoms with Crippen LogP contribution in [0.2, 0.25) is 19.6 Å². The quantitative estimate of drug-likeness (QED) is 0.383. The van der Waals surface area contributed by atoms with Crippen molar-refractivity contribution in [3.05, 3.63) is 12.2 Å². The van der Waals surface area contributed by atoms with Gasteiger partial charge in [-0.1, -0.05) is 19.1 Å². The second kappa shape index (κ2) is 5.38. The molecule has 0 fully saturated rings. The van der Waals surface area contributed by atoms with Gasteiger partial charge in [-0.3, -0.25) is 0 Å². The summed E-state index contributed by atoms with van der Waals surface area (Å²) < 4.78 is 6.08. The maximum absolute atomic E-state index is 6.08. The summed E-state index contributed by atoms with van der Waals surface area (Å²) in [6, 6.07) is 0. The monoisotopic (exact) mass is 210 g/mol. The lowest BCUT2D eigenvalue weighted by atomic mass is 10.0. The summed E-state index contributed by atoms with van der Waals surface area (Å²) in [5, 5.41) is 0. The van der Waals surface area contributed by atoms with Crippen LogP contribution in [-0.4, -0.2) is 13.9 Å². The predicted octanol–water partition coefficient (Wildman–Crippen LogP) is 3.59. The Labute approximate surface area is 89.7 Å². The number of terminal acetylenes is 1. The van der Waals surface area contributed by atoms with Crippen molar-refractivity contribution in [3.63, 3.8) is 0 Å². The SMILES string of the molecule is C#CCC(C)(/C=C/CC)O[Si](C)(C)C. The molecule has 0 saturated carbocycles. The molecule has 0 rings (SSSR count). The van der Waals surface area contributed by atoms with E-state index in [1.807, 2.05) is 0 Å². The molecule has 0 amide bonds. The van der Waals surface area contributed by atoms with E-state index < -0.39 is 8.32 Å². The largest absolute Gasteiger partial charge is 0.408 e. The highest BCUT2D eigenvalue weighted by molar-refractivity contribution is 6.69. The molecule has 0 heterocycles. The van der Waals surface area contributed by atoms with E-state index in [1.165, 1.54) is 0 Å². The summed E-state index contributed by atoms with van der Waals surface area (Å²) in [6.45, 7) is 10.7. The van der Waals surface area contributed by atoms with E-state index in [0.29, 0.717) is 6.42 Å². The molecule has 2 heteroatoms. The average molecular weight is 210 g/mol. The number of hydrogen-bond donors (Lipinski definition) is 0. The molecule has 0 aromatic carbocycles. The minimum Gasteiger partial charge on any atom is -0.408 e. The van der Waals surface area contributed by atoms with Crippen LogP contribution in [0, 0.1) is 12.3 Å². The Morgan fingerprint density at radius 1 is 1.43 bits per heavy atom. The predicted molar refractivity (Wildman–Crippen MR) is 65.7 cm³/mol. The highest BCUT2D eigenvalue weighted by atomic mass is 28.4. The molecule has 0 saturated heterocycles. The first-order chi connectivity index (χ1) is 6.33. The molecule has 0 radical (unpaired) electrons. The molecule has 0 aromatic rings. The molecule has 0 aliphatic heterocycles. The maximum atomic E-state index is 6.08. The zero-order valence-electron chi connectivity index (χ0n) is 10.1. The third-order valence-electron chi connectivity index (χ3n) is 1.70. The molecule has 1 nitrogen and oxygen atoms in total. The van der Waals surface area contributed by atoms with Gasteiger partial charge in [0.15, 0.2) is 8.32 Å². The van der Waals surface area contributed by atoms with Crippen molar-refractivity contribution < 1.29 is 4.43 Å². The Hall–Kier alpha value is -0.523. The summed E-state index contributed by atoms with van der Waals surface area (Å²) in [4.78, 5) is 0. The van der Waals surface area contributed by atoms with E-state index in [2.05, 4.69) is 51.6 Å². The van der Waals surface area contributed by atoms with Crippen molar-refractivity contribution in [2.24, 2.45) is 0 Å². The van der Waals surface area contributed by atoms with Gasteiger partial charge in [0.1, 0.15) is 0 Å². The molecular weight excluding hydrogens is 188 g/mol. The minimum atomic E-state index is -1.53. The van der Waals surface area contributed by atoms with Crippen LogP contribution in [0.4, 0.5) is 0 Å². The van der Waals surface area contributed by atoms with Crippen LogP contribution in [0.1, 0.15) is 26.7 Å². The molecule has 0 bridgehead atoms. The first kappa shape index (κ1) is 13.5. The van der Waals surface area contributed by atoms with Gasteiger partial charge >= 0.3 is 0 Å². The fourth-order valence-corrected chi connectivity index (χ4v) is 2.94. The van der Waals surface area contributed by atoms with Gasteiger partial charge in [0.25, 0.3) is 0 Å². The Morgan fingerprint density at radius 2 is 2.00 bits per heavy atom. The van der Waals surface area contributed by atoms with E-state index in [1.54, 1.807) is 0 Å². The lowest BCUT2D eigenvalue weighted by Gasteiger charge is -2.32. The van der Waals surface area contributed by atoms with E-state index >= 15 is 0 Å². The summed E-state index contributed by atoms with van der Waals surface area (Å²) in [7, 11) is -1.53. The molecule has 0 aliphatic rings. The third kappa shape index (κ3) is 6.01. The van der Waals surface area contributed by atoms with Crippen LogP contribution < -0.4 is 0 Å². The third-order valence-corrected chi connectivity index (χ3v) is 2.78. The Bertz CT molecular complexity index is 232. The Morgan fingerprint density at radius 3 is 2.36 bits per heavy atom. The van der Waals surface area contributed by atoms with Gasteiger partial charge in [-0.2, -0.15) is 0 Å². The Balaban J connectivity index is 4.56. The molecular formula is C12H22OSi. The molecule has 80 valence electrons. The lowest BCUT2D eigenvalue weighted by Crippen LogP contribution is -2.39. The highest BCUT2D eigenvalue weighted by Crippen LogP contribution is 2.22. The fraction of sp³-hybridized carbons (Fsp3) is 0.667. The topological polar surface area (TPSA) is 9.23 Å². The summed E-state index contributed by atoms with van der Waals surface area (Å²) in [6.07, 6.45) is 11.3. The van der Waals surface area contributed by atoms with E-state index in [0.717, 1.165) is 6.42 Å². The summed E-state index contributed by atoms with van der Waals surface area (Å²) >= 11 is 0. The van der Waals surface area contributed by atoms with Crippen LogP contribution in [0.5, 0.6) is 0 Å². The molecule has 0 aromatic heterocycles. The van der Waals surface area contributed by atoms with Gasteiger partial charge in [0.05, 0.1) is 5.60 Å².